The summed E-state index contributed by atoms with van der Waals surface area (Å²) in [6, 6.07) is 0. The van der Waals surface area contributed by atoms with Gasteiger partial charge in [-0.2, -0.15) is 0 Å². The molecule has 1 aliphatic carbocycles. The first-order valence-corrected chi connectivity index (χ1v) is 6.23. The summed E-state index contributed by atoms with van der Waals surface area (Å²) in [4.78, 5) is 0. The van der Waals surface area contributed by atoms with E-state index in [0.29, 0.717) is 0 Å². The van der Waals surface area contributed by atoms with E-state index in [0.717, 1.165) is 25.7 Å². The van der Waals surface area contributed by atoms with Gasteiger partial charge < -0.3 is 5.11 Å². The van der Waals surface area contributed by atoms with E-state index < -0.39 is 16.1 Å². The summed E-state index contributed by atoms with van der Waals surface area (Å²) in [5, 5.41) is 8.70. The van der Waals surface area contributed by atoms with Gasteiger partial charge in [-0.05, 0) is 19.8 Å². The van der Waals surface area contributed by atoms with Gasteiger partial charge in [0.15, 0.2) is 0 Å². The lowest BCUT2D eigenvalue weighted by Gasteiger charge is -2.12. The first-order valence-electron chi connectivity index (χ1n) is 4.69. The van der Waals surface area contributed by atoms with E-state index in [2.05, 4.69) is 4.72 Å². The van der Waals surface area contributed by atoms with Crippen LogP contribution in [0.15, 0.2) is 0 Å². The van der Waals surface area contributed by atoms with Crippen molar-refractivity contribution in [3.8, 4) is 0 Å². The zero-order chi connectivity index (χ0) is 9.90. The fourth-order valence-electron chi connectivity index (χ4n) is 1.55. The molecule has 0 aliphatic heterocycles. The van der Waals surface area contributed by atoms with Crippen molar-refractivity contribution in [1.29, 1.82) is 0 Å². The summed E-state index contributed by atoms with van der Waals surface area (Å²) >= 11 is 0. The average Bonchev–Trinajstić information content (AvgIpc) is 2.53. The Morgan fingerprint density at radius 3 is 2.46 bits per heavy atom. The lowest BCUT2D eigenvalue weighted by molar-refractivity contribution is 0.198. The van der Waals surface area contributed by atoms with Gasteiger partial charge in [0.2, 0.25) is 10.0 Å². The largest absolute Gasteiger partial charge is 0.392 e. The van der Waals surface area contributed by atoms with E-state index in [-0.39, 0.29) is 11.8 Å². The minimum absolute atomic E-state index is 0.124. The Kier molecular flexibility index (Phi) is 3.70. The van der Waals surface area contributed by atoms with Gasteiger partial charge in [-0.1, -0.05) is 12.8 Å². The van der Waals surface area contributed by atoms with Crippen LogP contribution >= 0.6 is 0 Å². The van der Waals surface area contributed by atoms with Crippen LogP contribution in [0.25, 0.3) is 0 Å². The maximum absolute atomic E-state index is 11.5. The Morgan fingerprint density at radius 1 is 1.46 bits per heavy atom. The summed E-state index contributed by atoms with van der Waals surface area (Å²) in [5.41, 5.74) is 0. The third kappa shape index (κ3) is 3.25. The molecule has 1 rings (SSSR count). The lowest BCUT2D eigenvalue weighted by atomic mass is 10.4. The van der Waals surface area contributed by atoms with E-state index >= 15 is 0 Å². The molecule has 1 fully saturated rings. The van der Waals surface area contributed by atoms with Crippen LogP contribution in [0.4, 0.5) is 0 Å². The minimum Gasteiger partial charge on any atom is -0.392 e. The molecule has 1 saturated carbocycles. The molecular formula is C8H17NO3S. The summed E-state index contributed by atoms with van der Waals surface area (Å²) in [6.45, 7) is 1.69. The highest BCUT2D eigenvalue weighted by atomic mass is 32.2. The molecule has 78 valence electrons. The molecule has 4 nitrogen and oxygen atoms in total. The smallest absolute Gasteiger partial charge is 0.214 e. The van der Waals surface area contributed by atoms with Crippen molar-refractivity contribution in [2.75, 3.05) is 6.54 Å². The van der Waals surface area contributed by atoms with Gasteiger partial charge in [-0.15, -0.1) is 0 Å². The molecule has 0 aromatic rings. The normalized spacial score (nSPS) is 22.0. The number of nitrogens with one attached hydrogen (secondary N) is 1. The van der Waals surface area contributed by atoms with E-state index in [9.17, 15) is 8.42 Å². The van der Waals surface area contributed by atoms with Gasteiger partial charge in [0.1, 0.15) is 0 Å². The topological polar surface area (TPSA) is 66.4 Å². The Hall–Kier alpha value is -0.130. The molecule has 0 aromatic carbocycles. The van der Waals surface area contributed by atoms with E-state index in [4.69, 9.17) is 5.11 Å². The number of sulfonamides is 1. The molecule has 0 saturated heterocycles. The maximum atomic E-state index is 11.5. The quantitative estimate of drug-likeness (QED) is 0.693. The second kappa shape index (κ2) is 4.39. The van der Waals surface area contributed by atoms with Crippen molar-refractivity contribution in [1.82, 2.24) is 4.72 Å². The number of aliphatic hydroxyl groups excluding tert-OH is 1. The summed E-state index contributed by atoms with van der Waals surface area (Å²) in [5.74, 6) is 0. The fraction of sp³-hybridized carbons (Fsp3) is 1.00. The van der Waals surface area contributed by atoms with E-state index in [1.54, 1.807) is 6.92 Å². The van der Waals surface area contributed by atoms with Gasteiger partial charge in [-0.25, -0.2) is 13.1 Å². The third-order valence-corrected chi connectivity index (χ3v) is 4.24. The van der Waals surface area contributed by atoms with E-state index in [1.807, 2.05) is 0 Å². The Bertz CT molecular complexity index is 242. The monoisotopic (exact) mass is 207 g/mol. The second-order valence-electron chi connectivity index (χ2n) is 3.65. The van der Waals surface area contributed by atoms with Crippen LogP contribution in [0.1, 0.15) is 32.6 Å². The minimum atomic E-state index is -3.17. The Labute approximate surface area is 79.4 Å². The van der Waals surface area contributed by atoms with Gasteiger partial charge in [0, 0.05) is 6.54 Å². The highest BCUT2D eigenvalue weighted by Gasteiger charge is 2.28. The van der Waals surface area contributed by atoms with Crippen LogP contribution < -0.4 is 4.72 Å². The molecule has 0 aromatic heterocycles. The van der Waals surface area contributed by atoms with Crippen LogP contribution in [0.3, 0.4) is 0 Å². The maximum Gasteiger partial charge on any atom is 0.214 e. The first kappa shape index (κ1) is 10.9. The summed E-state index contributed by atoms with van der Waals surface area (Å²) in [6.07, 6.45) is 2.90. The second-order valence-corrected chi connectivity index (χ2v) is 5.69. The molecule has 2 N–H and O–H groups in total. The molecule has 0 radical (unpaired) electrons. The van der Waals surface area contributed by atoms with E-state index in [1.165, 1.54) is 0 Å². The number of rotatable bonds is 4. The fourth-order valence-corrected chi connectivity index (χ4v) is 3.22. The zero-order valence-corrected chi connectivity index (χ0v) is 8.68. The molecule has 1 atom stereocenters. The summed E-state index contributed by atoms with van der Waals surface area (Å²) in [7, 11) is -3.17. The van der Waals surface area contributed by atoms with Crippen molar-refractivity contribution >= 4 is 10.0 Å². The predicted octanol–water partition coefficient (Wildman–Crippen LogP) is 0.229. The van der Waals surface area contributed by atoms with Crippen LogP contribution in [-0.2, 0) is 10.0 Å². The van der Waals surface area contributed by atoms with Gasteiger partial charge in [0.25, 0.3) is 0 Å². The Morgan fingerprint density at radius 2 is 2.00 bits per heavy atom. The molecule has 0 unspecified atom stereocenters. The molecule has 1 aliphatic rings. The molecule has 13 heavy (non-hydrogen) atoms. The van der Waals surface area contributed by atoms with Gasteiger partial charge >= 0.3 is 0 Å². The standard InChI is InChI=1S/C8H17NO3S/c1-7(10)6-9-13(11,12)8-4-2-3-5-8/h7-10H,2-6H2,1H3/t7-/m0/s1. The highest BCUT2D eigenvalue weighted by Crippen LogP contribution is 2.23. The SMILES string of the molecule is C[C@H](O)CNS(=O)(=O)C1CCCC1. The van der Waals surface area contributed by atoms with Gasteiger partial charge in [0.05, 0.1) is 11.4 Å². The van der Waals surface area contributed by atoms with Crippen LogP contribution in [0.2, 0.25) is 0 Å². The average molecular weight is 207 g/mol. The molecule has 0 heterocycles. The van der Waals surface area contributed by atoms with Crippen LogP contribution in [0.5, 0.6) is 0 Å². The molecular weight excluding hydrogens is 190 g/mol. The summed E-state index contributed by atoms with van der Waals surface area (Å²) < 4.78 is 25.5. The van der Waals surface area contributed by atoms with Crippen molar-refractivity contribution < 1.29 is 13.5 Å². The number of hydrogen-bond acceptors (Lipinski definition) is 3. The van der Waals surface area contributed by atoms with Crippen molar-refractivity contribution in [2.24, 2.45) is 0 Å². The highest BCUT2D eigenvalue weighted by molar-refractivity contribution is 7.90. The van der Waals surface area contributed by atoms with Crippen LogP contribution in [-0.4, -0.2) is 31.4 Å². The molecule has 0 bridgehead atoms. The lowest BCUT2D eigenvalue weighted by Crippen LogP contribution is -2.36. The third-order valence-electron chi connectivity index (χ3n) is 2.32. The predicted molar refractivity (Wildman–Crippen MR) is 50.9 cm³/mol. The number of hydrogen-bond donors (Lipinski definition) is 2. The Balaban J connectivity index is 2.45. The van der Waals surface area contributed by atoms with Crippen molar-refractivity contribution in [2.45, 2.75) is 44.0 Å². The zero-order valence-electron chi connectivity index (χ0n) is 7.86. The van der Waals surface area contributed by atoms with Crippen molar-refractivity contribution in [3.05, 3.63) is 0 Å². The first-order chi connectivity index (χ1) is 6.02. The molecule has 0 spiro atoms. The van der Waals surface area contributed by atoms with Crippen LogP contribution in [0, 0.1) is 0 Å². The van der Waals surface area contributed by atoms with Gasteiger partial charge in [-0.3, -0.25) is 0 Å². The molecule has 0 amide bonds. The molecule has 5 heteroatoms. The number of aliphatic hydroxyl groups is 1. The van der Waals surface area contributed by atoms with Crippen molar-refractivity contribution in [3.63, 3.8) is 0 Å².